The van der Waals surface area contributed by atoms with E-state index in [0.29, 0.717) is 12.3 Å². The summed E-state index contributed by atoms with van der Waals surface area (Å²) in [7, 11) is 0. The summed E-state index contributed by atoms with van der Waals surface area (Å²) in [6.07, 6.45) is 5.03. The van der Waals surface area contributed by atoms with Crippen LogP contribution in [0.5, 0.6) is 0 Å². The minimum absolute atomic E-state index is 0.00542. The molecule has 1 saturated heterocycles. The van der Waals surface area contributed by atoms with Crippen molar-refractivity contribution in [2.45, 2.75) is 71.0 Å². The monoisotopic (exact) mass is 253 g/mol. The minimum Gasteiger partial charge on any atom is -0.369 e. The second kappa shape index (κ2) is 4.31. The lowest BCUT2D eigenvalue weighted by Crippen LogP contribution is -2.45. The maximum Gasteiger partial charge on any atom is 0.146 e. The van der Waals surface area contributed by atoms with Crippen LogP contribution in [-0.2, 0) is 9.53 Å². The van der Waals surface area contributed by atoms with Crippen LogP contribution in [0.25, 0.3) is 0 Å². The Kier molecular flexibility index (Phi) is 3.35. The summed E-state index contributed by atoms with van der Waals surface area (Å²) < 4.78 is 6.06. The summed E-state index contributed by atoms with van der Waals surface area (Å²) in [6, 6.07) is 0. The van der Waals surface area contributed by atoms with Gasteiger partial charge in [0.05, 0.1) is 11.2 Å². The molecule has 0 aromatic carbocycles. The zero-order valence-corrected chi connectivity index (χ0v) is 12.2. The number of rotatable bonds is 3. The summed E-state index contributed by atoms with van der Waals surface area (Å²) >= 11 is 0. The number of ether oxygens (including phenoxy) is 1. The summed E-state index contributed by atoms with van der Waals surface area (Å²) in [5.41, 5.74) is 5.12. The van der Waals surface area contributed by atoms with E-state index in [0.717, 1.165) is 32.1 Å². The standard InChI is InChI=1S/C15H27NO2/c1-13(2)9-11(14(3,4)18-13)12(17)15(10-16)7-5-6-8-15/h11H,5-10,16H2,1-4H3. The largest absolute Gasteiger partial charge is 0.369 e. The Hall–Kier alpha value is -0.410. The average molecular weight is 253 g/mol. The maximum absolute atomic E-state index is 12.9. The molecule has 1 aliphatic carbocycles. The highest BCUT2D eigenvalue weighted by Gasteiger charge is 2.54. The fourth-order valence-corrected chi connectivity index (χ4v) is 3.94. The number of nitrogens with two attached hydrogens (primary N) is 1. The highest BCUT2D eigenvalue weighted by atomic mass is 16.5. The molecule has 1 saturated carbocycles. The van der Waals surface area contributed by atoms with Crippen molar-refractivity contribution in [3.63, 3.8) is 0 Å². The molecule has 0 spiro atoms. The van der Waals surface area contributed by atoms with E-state index in [1.807, 2.05) is 13.8 Å². The van der Waals surface area contributed by atoms with Crippen molar-refractivity contribution < 1.29 is 9.53 Å². The third kappa shape index (κ3) is 2.23. The van der Waals surface area contributed by atoms with Gasteiger partial charge >= 0.3 is 0 Å². The topological polar surface area (TPSA) is 52.3 Å². The second-order valence-electron chi connectivity index (χ2n) is 7.28. The fraction of sp³-hybridized carbons (Fsp3) is 0.933. The van der Waals surface area contributed by atoms with Crippen LogP contribution in [0.1, 0.15) is 59.8 Å². The smallest absolute Gasteiger partial charge is 0.146 e. The first-order valence-corrected chi connectivity index (χ1v) is 7.17. The number of hydrogen-bond donors (Lipinski definition) is 1. The zero-order valence-electron chi connectivity index (χ0n) is 12.2. The molecule has 0 aromatic heterocycles. The summed E-state index contributed by atoms with van der Waals surface area (Å²) in [5.74, 6) is 0.354. The molecule has 1 unspecified atom stereocenters. The van der Waals surface area contributed by atoms with E-state index in [9.17, 15) is 4.79 Å². The van der Waals surface area contributed by atoms with Crippen LogP contribution in [0.4, 0.5) is 0 Å². The molecule has 0 radical (unpaired) electrons. The van der Waals surface area contributed by atoms with Gasteiger partial charge in [-0.1, -0.05) is 12.8 Å². The maximum atomic E-state index is 12.9. The first-order valence-electron chi connectivity index (χ1n) is 7.17. The minimum atomic E-state index is -0.356. The van der Waals surface area contributed by atoms with Gasteiger partial charge in [0.2, 0.25) is 0 Å². The van der Waals surface area contributed by atoms with Crippen LogP contribution < -0.4 is 5.73 Å². The quantitative estimate of drug-likeness (QED) is 0.841. The molecular formula is C15H27NO2. The van der Waals surface area contributed by atoms with Gasteiger partial charge in [0.1, 0.15) is 5.78 Å². The van der Waals surface area contributed by atoms with Crippen molar-refractivity contribution in [1.82, 2.24) is 0 Å². The van der Waals surface area contributed by atoms with Crippen molar-refractivity contribution in [2.75, 3.05) is 6.54 Å². The average Bonchev–Trinajstić information content (AvgIpc) is 2.80. The van der Waals surface area contributed by atoms with E-state index in [1.165, 1.54) is 0 Å². The summed E-state index contributed by atoms with van der Waals surface area (Å²) in [4.78, 5) is 12.9. The zero-order chi connectivity index (χ0) is 13.6. The molecule has 2 rings (SSSR count). The summed E-state index contributed by atoms with van der Waals surface area (Å²) in [6.45, 7) is 8.74. The lowest BCUT2D eigenvalue weighted by atomic mass is 9.70. The number of carbonyl (C=O) groups is 1. The first kappa shape index (κ1) is 14.0. The van der Waals surface area contributed by atoms with Gasteiger partial charge in [0.15, 0.2) is 0 Å². The third-order valence-electron chi connectivity index (χ3n) is 4.86. The Bertz CT molecular complexity index is 340. The van der Waals surface area contributed by atoms with E-state index < -0.39 is 0 Å². The van der Waals surface area contributed by atoms with Crippen molar-refractivity contribution in [1.29, 1.82) is 0 Å². The molecule has 1 aliphatic heterocycles. The Morgan fingerprint density at radius 1 is 1.22 bits per heavy atom. The predicted molar refractivity (Wildman–Crippen MR) is 72.3 cm³/mol. The third-order valence-corrected chi connectivity index (χ3v) is 4.86. The van der Waals surface area contributed by atoms with E-state index in [1.54, 1.807) is 0 Å². The molecule has 1 atom stereocenters. The van der Waals surface area contributed by atoms with Crippen molar-refractivity contribution >= 4 is 5.78 Å². The van der Waals surface area contributed by atoms with Gasteiger partial charge in [-0.2, -0.15) is 0 Å². The van der Waals surface area contributed by atoms with E-state index >= 15 is 0 Å². The molecule has 18 heavy (non-hydrogen) atoms. The van der Waals surface area contributed by atoms with Crippen LogP contribution in [0.3, 0.4) is 0 Å². The van der Waals surface area contributed by atoms with Gasteiger partial charge in [0, 0.05) is 17.9 Å². The predicted octanol–water partition coefficient (Wildman–Crippen LogP) is 2.67. The SMILES string of the molecule is CC1(C)CC(C(=O)C2(CN)CCCC2)C(C)(C)O1. The molecule has 2 N–H and O–H groups in total. The lowest BCUT2D eigenvalue weighted by Gasteiger charge is -2.33. The Balaban J connectivity index is 2.23. The summed E-state index contributed by atoms with van der Waals surface area (Å²) in [5, 5.41) is 0. The molecular weight excluding hydrogens is 226 g/mol. The van der Waals surface area contributed by atoms with Crippen LogP contribution >= 0.6 is 0 Å². The highest BCUT2D eigenvalue weighted by molar-refractivity contribution is 5.89. The molecule has 3 heteroatoms. The number of ketones is 1. The number of Topliss-reactive ketones (excluding diaryl/α,β-unsaturated/α-hetero) is 1. The van der Waals surface area contributed by atoms with Crippen LogP contribution in [0.2, 0.25) is 0 Å². The first-order chi connectivity index (χ1) is 8.22. The van der Waals surface area contributed by atoms with Crippen LogP contribution in [-0.4, -0.2) is 23.5 Å². The number of carbonyl (C=O) groups excluding carboxylic acids is 1. The van der Waals surface area contributed by atoms with Crippen LogP contribution in [0.15, 0.2) is 0 Å². The highest BCUT2D eigenvalue weighted by Crippen LogP contribution is 2.48. The lowest BCUT2D eigenvalue weighted by molar-refractivity contribution is -0.138. The van der Waals surface area contributed by atoms with Crippen molar-refractivity contribution in [3.05, 3.63) is 0 Å². The van der Waals surface area contributed by atoms with Gasteiger partial charge in [-0.25, -0.2) is 0 Å². The van der Waals surface area contributed by atoms with Gasteiger partial charge < -0.3 is 10.5 Å². The number of hydrogen-bond acceptors (Lipinski definition) is 3. The molecule has 104 valence electrons. The van der Waals surface area contributed by atoms with Gasteiger partial charge in [0.25, 0.3) is 0 Å². The van der Waals surface area contributed by atoms with Crippen molar-refractivity contribution in [2.24, 2.45) is 17.1 Å². The molecule has 2 fully saturated rings. The van der Waals surface area contributed by atoms with E-state index in [2.05, 4.69) is 13.8 Å². The Morgan fingerprint density at radius 2 is 1.78 bits per heavy atom. The Morgan fingerprint density at radius 3 is 2.17 bits per heavy atom. The molecule has 0 amide bonds. The van der Waals surface area contributed by atoms with Gasteiger partial charge in [-0.15, -0.1) is 0 Å². The molecule has 0 bridgehead atoms. The normalized spacial score (nSPS) is 32.6. The Labute approximate surface area is 110 Å². The molecule has 1 heterocycles. The molecule has 2 aliphatic rings. The van der Waals surface area contributed by atoms with Gasteiger partial charge in [-0.3, -0.25) is 4.79 Å². The molecule has 3 nitrogen and oxygen atoms in total. The fourth-order valence-electron chi connectivity index (χ4n) is 3.94. The van der Waals surface area contributed by atoms with Gasteiger partial charge in [-0.05, 0) is 47.0 Å². The van der Waals surface area contributed by atoms with Crippen LogP contribution in [0, 0.1) is 11.3 Å². The second-order valence-corrected chi connectivity index (χ2v) is 7.28. The van der Waals surface area contributed by atoms with E-state index in [4.69, 9.17) is 10.5 Å². The van der Waals surface area contributed by atoms with Crippen molar-refractivity contribution in [3.8, 4) is 0 Å². The van der Waals surface area contributed by atoms with E-state index in [-0.39, 0.29) is 22.5 Å². The molecule has 0 aromatic rings.